The largest absolute Gasteiger partial charge is 0.384 e. The SMILES string of the molecule is C=c1[nH]nc(-c2cc3c(-c4cc(F)cc(NCCN(C)C)c4)cccc3[nH]2)/c1=C/C(=C\C)c1cn[nH]c1. The number of benzene rings is 2. The van der Waals surface area contributed by atoms with Gasteiger partial charge >= 0.3 is 0 Å². The van der Waals surface area contributed by atoms with Gasteiger partial charge in [-0.15, -0.1) is 0 Å². The van der Waals surface area contributed by atoms with Crippen molar-refractivity contribution in [2.75, 3.05) is 32.5 Å². The number of likely N-dealkylation sites (N-methyl/N-ethyl adjacent to an activating group) is 1. The van der Waals surface area contributed by atoms with Gasteiger partial charge in [0, 0.05) is 46.7 Å². The van der Waals surface area contributed by atoms with Gasteiger partial charge in [-0.2, -0.15) is 10.2 Å². The molecule has 2 aromatic carbocycles. The fraction of sp³-hybridized carbons (Fsp3) is 0.172. The molecule has 3 heterocycles. The van der Waals surface area contributed by atoms with Crippen molar-refractivity contribution < 1.29 is 4.39 Å². The van der Waals surface area contributed by atoms with Crippen molar-refractivity contribution in [2.24, 2.45) is 0 Å². The molecule has 0 saturated carbocycles. The molecule has 0 atom stereocenters. The Balaban J connectivity index is 1.57. The summed E-state index contributed by atoms with van der Waals surface area (Å²) in [6.07, 6.45) is 7.72. The maximum Gasteiger partial charge on any atom is 0.125 e. The van der Waals surface area contributed by atoms with E-state index in [0.29, 0.717) is 0 Å². The predicted molar refractivity (Wildman–Crippen MR) is 150 cm³/mol. The van der Waals surface area contributed by atoms with Gasteiger partial charge in [0.05, 0.1) is 17.2 Å². The maximum atomic E-state index is 14.6. The number of aromatic nitrogens is 5. The molecule has 0 aliphatic heterocycles. The minimum Gasteiger partial charge on any atom is -0.384 e. The molecule has 0 unspecified atom stereocenters. The molecule has 0 fully saturated rings. The highest BCUT2D eigenvalue weighted by atomic mass is 19.1. The standard InChI is InChI=1S/C29H30FN7/c1-5-19(21-16-32-33-17-21)13-25-18(2)35-36-29(25)28-15-26-24(7-6-8-27(26)34-28)20-11-22(30)14-23(12-20)31-9-10-37(3)4/h5-8,11-17,31,34-35H,2,9-10H2,1,3-4H3,(H,32,33)/b19-5+,25-13+. The van der Waals surface area contributed by atoms with E-state index in [-0.39, 0.29) is 5.82 Å². The van der Waals surface area contributed by atoms with Crippen LogP contribution in [0.4, 0.5) is 10.1 Å². The fourth-order valence-electron chi connectivity index (χ4n) is 4.45. The topological polar surface area (TPSA) is 88.4 Å². The van der Waals surface area contributed by atoms with Crippen LogP contribution in [-0.4, -0.2) is 57.5 Å². The smallest absolute Gasteiger partial charge is 0.125 e. The Labute approximate surface area is 214 Å². The lowest BCUT2D eigenvalue weighted by Gasteiger charge is -2.13. The van der Waals surface area contributed by atoms with Gasteiger partial charge in [0.15, 0.2) is 0 Å². The summed E-state index contributed by atoms with van der Waals surface area (Å²) in [6, 6.07) is 13.2. The van der Waals surface area contributed by atoms with E-state index in [1.807, 2.05) is 57.6 Å². The Bertz CT molecular complexity index is 1670. The Morgan fingerprint density at radius 2 is 2.05 bits per heavy atom. The molecule has 0 saturated heterocycles. The van der Waals surface area contributed by atoms with Crippen LogP contribution >= 0.6 is 0 Å². The van der Waals surface area contributed by atoms with E-state index in [1.54, 1.807) is 12.3 Å². The first-order chi connectivity index (χ1) is 17.9. The molecule has 0 aliphatic carbocycles. The number of anilines is 1. The molecule has 37 heavy (non-hydrogen) atoms. The highest BCUT2D eigenvalue weighted by Crippen LogP contribution is 2.33. The average Bonchev–Trinajstić information content (AvgIpc) is 3.62. The zero-order chi connectivity index (χ0) is 25.9. The summed E-state index contributed by atoms with van der Waals surface area (Å²) in [5.74, 6) is -0.276. The number of allylic oxidation sites excluding steroid dienone is 2. The molecule has 5 rings (SSSR count). The molecule has 0 bridgehead atoms. The van der Waals surface area contributed by atoms with Gasteiger partial charge in [-0.3, -0.25) is 10.2 Å². The number of H-pyrrole nitrogens is 3. The zero-order valence-corrected chi connectivity index (χ0v) is 21.2. The first kappa shape index (κ1) is 24.3. The van der Waals surface area contributed by atoms with Gasteiger partial charge in [-0.25, -0.2) is 4.39 Å². The van der Waals surface area contributed by atoms with E-state index in [0.717, 1.165) is 73.9 Å². The summed E-state index contributed by atoms with van der Waals surface area (Å²) in [5, 5.41) is 20.4. The van der Waals surface area contributed by atoms with Gasteiger partial charge in [0.25, 0.3) is 0 Å². The second kappa shape index (κ2) is 10.3. The monoisotopic (exact) mass is 495 g/mol. The van der Waals surface area contributed by atoms with Crippen molar-refractivity contribution in [3.05, 3.63) is 82.9 Å². The summed E-state index contributed by atoms with van der Waals surface area (Å²) >= 11 is 0. The molecule has 0 amide bonds. The first-order valence-electron chi connectivity index (χ1n) is 12.1. The Morgan fingerprint density at radius 3 is 2.81 bits per heavy atom. The summed E-state index contributed by atoms with van der Waals surface area (Å²) in [5.41, 5.74) is 7.06. The van der Waals surface area contributed by atoms with Gasteiger partial charge in [-0.1, -0.05) is 24.8 Å². The highest BCUT2D eigenvalue weighted by Gasteiger charge is 2.13. The molecule has 5 aromatic rings. The van der Waals surface area contributed by atoms with Crippen LogP contribution in [0.2, 0.25) is 0 Å². The minimum atomic E-state index is -0.276. The van der Waals surface area contributed by atoms with Crippen LogP contribution in [-0.2, 0) is 0 Å². The van der Waals surface area contributed by atoms with Crippen LogP contribution in [0.5, 0.6) is 0 Å². The number of halogens is 1. The third kappa shape index (κ3) is 5.10. The first-order valence-corrected chi connectivity index (χ1v) is 12.1. The fourth-order valence-corrected chi connectivity index (χ4v) is 4.45. The molecular formula is C29H30FN7. The number of fused-ring (bicyclic) bond motifs is 1. The summed E-state index contributed by atoms with van der Waals surface area (Å²) in [4.78, 5) is 5.58. The van der Waals surface area contributed by atoms with E-state index in [1.165, 1.54) is 6.07 Å². The summed E-state index contributed by atoms with van der Waals surface area (Å²) < 4.78 is 14.6. The van der Waals surface area contributed by atoms with Crippen molar-refractivity contribution in [2.45, 2.75) is 6.92 Å². The molecule has 0 spiro atoms. The van der Waals surface area contributed by atoms with Gasteiger partial charge < -0.3 is 15.2 Å². The van der Waals surface area contributed by atoms with E-state index in [4.69, 9.17) is 0 Å². The molecule has 8 heteroatoms. The molecule has 7 nitrogen and oxygen atoms in total. The Morgan fingerprint density at radius 1 is 1.19 bits per heavy atom. The van der Waals surface area contributed by atoms with Crippen LogP contribution in [0.15, 0.2) is 60.9 Å². The van der Waals surface area contributed by atoms with E-state index >= 15 is 0 Å². The van der Waals surface area contributed by atoms with Gasteiger partial charge in [-0.05, 0) is 74.1 Å². The van der Waals surface area contributed by atoms with Crippen molar-refractivity contribution in [1.82, 2.24) is 30.3 Å². The molecular weight excluding hydrogens is 465 g/mol. The maximum absolute atomic E-state index is 14.6. The second-order valence-electron chi connectivity index (χ2n) is 9.25. The third-order valence-electron chi connectivity index (χ3n) is 6.34. The lowest BCUT2D eigenvalue weighted by Crippen LogP contribution is -2.22. The third-order valence-corrected chi connectivity index (χ3v) is 6.34. The number of hydrogen-bond donors (Lipinski definition) is 4. The number of rotatable bonds is 8. The van der Waals surface area contributed by atoms with E-state index in [2.05, 4.69) is 54.3 Å². The lowest BCUT2D eigenvalue weighted by molar-refractivity contribution is 0.425. The van der Waals surface area contributed by atoms with E-state index in [9.17, 15) is 4.39 Å². The van der Waals surface area contributed by atoms with Crippen molar-refractivity contribution in [3.63, 3.8) is 0 Å². The van der Waals surface area contributed by atoms with Gasteiger partial charge in [0.1, 0.15) is 11.5 Å². The van der Waals surface area contributed by atoms with Crippen molar-refractivity contribution >= 4 is 34.8 Å². The Kier molecular flexibility index (Phi) is 6.74. The van der Waals surface area contributed by atoms with Crippen LogP contribution in [0, 0.1) is 5.82 Å². The quantitative estimate of drug-likeness (QED) is 0.258. The second-order valence-corrected chi connectivity index (χ2v) is 9.25. The number of nitrogens with one attached hydrogen (secondary N) is 4. The van der Waals surface area contributed by atoms with Crippen LogP contribution in [0.3, 0.4) is 0 Å². The zero-order valence-electron chi connectivity index (χ0n) is 21.2. The van der Waals surface area contributed by atoms with Gasteiger partial charge in [0.2, 0.25) is 0 Å². The van der Waals surface area contributed by atoms with Crippen molar-refractivity contribution in [1.29, 1.82) is 0 Å². The molecule has 4 N–H and O–H groups in total. The normalized spacial score (nSPS) is 12.7. The van der Waals surface area contributed by atoms with Crippen LogP contribution in [0.25, 0.3) is 51.6 Å². The number of hydrogen-bond acceptors (Lipinski definition) is 4. The molecule has 3 aromatic heterocycles. The highest BCUT2D eigenvalue weighted by molar-refractivity contribution is 5.98. The summed E-state index contributed by atoms with van der Waals surface area (Å²) in [6.45, 7) is 7.71. The molecule has 188 valence electrons. The van der Waals surface area contributed by atoms with Crippen LogP contribution < -0.4 is 15.9 Å². The van der Waals surface area contributed by atoms with E-state index < -0.39 is 0 Å². The number of nitrogens with zero attached hydrogens (tertiary/aromatic N) is 3. The lowest BCUT2D eigenvalue weighted by atomic mass is 10.0. The van der Waals surface area contributed by atoms with Crippen LogP contribution in [0.1, 0.15) is 12.5 Å². The molecule has 0 aliphatic rings. The minimum absolute atomic E-state index is 0.276. The van der Waals surface area contributed by atoms with Crippen molar-refractivity contribution in [3.8, 4) is 22.5 Å². The predicted octanol–water partition coefficient (Wildman–Crippen LogP) is 4.36. The molecule has 0 radical (unpaired) electrons. The Hall–Kier alpha value is -4.43. The summed E-state index contributed by atoms with van der Waals surface area (Å²) in [7, 11) is 4.03. The number of aromatic amines is 3. The average molecular weight is 496 g/mol.